The van der Waals surface area contributed by atoms with Crippen molar-refractivity contribution in [2.45, 2.75) is 51.5 Å². The smallest absolute Gasteiger partial charge is 0.230 e. The minimum Gasteiger partial charge on any atom is -0.482 e. The summed E-state index contributed by atoms with van der Waals surface area (Å²) >= 11 is 1.36. The topological polar surface area (TPSA) is 69.0 Å². The van der Waals surface area contributed by atoms with Crippen LogP contribution in [-0.2, 0) is 11.3 Å². The molecule has 1 amide bonds. The third-order valence-electron chi connectivity index (χ3n) is 5.29. The van der Waals surface area contributed by atoms with Gasteiger partial charge in [-0.25, -0.2) is 0 Å². The molecule has 0 aliphatic heterocycles. The van der Waals surface area contributed by atoms with E-state index in [1.54, 1.807) is 6.08 Å². The van der Waals surface area contributed by atoms with Crippen molar-refractivity contribution in [2.24, 2.45) is 0 Å². The van der Waals surface area contributed by atoms with E-state index in [0.717, 1.165) is 16.9 Å². The molecule has 0 fully saturated rings. The summed E-state index contributed by atoms with van der Waals surface area (Å²) in [6.07, 6.45) is 1.49. The highest BCUT2D eigenvalue weighted by Crippen LogP contribution is 2.28. The number of carbonyl (C=O) groups is 1. The number of ether oxygens (including phenoxy) is 1. The second-order valence-corrected chi connectivity index (χ2v) is 8.63. The number of carbonyl (C=O) groups excluding carboxylic acids is 1. The van der Waals surface area contributed by atoms with Gasteiger partial charge in [-0.1, -0.05) is 60.3 Å². The van der Waals surface area contributed by atoms with Crippen molar-refractivity contribution in [1.82, 2.24) is 20.1 Å². The molecule has 1 N–H and O–H groups in total. The average Bonchev–Trinajstić information content (AvgIpc) is 3.19. The van der Waals surface area contributed by atoms with Crippen LogP contribution in [0.15, 0.2) is 66.3 Å². The van der Waals surface area contributed by atoms with E-state index < -0.39 is 0 Å². The number of hydrogen-bond donors (Lipinski definition) is 1. The molecule has 1 aromatic heterocycles. The highest BCUT2D eigenvalue weighted by atomic mass is 32.2. The maximum absolute atomic E-state index is 12.5. The van der Waals surface area contributed by atoms with Crippen molar-refractivity contribution in [3.8, 4) is 5.75 Å². The fourth-order valence-corrected chi connectivity index (χ4v) is 4.11. The van der Waals surface area contributed by atoms with Gasteiger partial charge in [0.05, 0.1) is 11.8 Å². The third-order valence-corrected chi connectivity index (χ3v) is 6.26. The molecule has 0 aliphatic rings. The number of thioether (sulfide) groups is 1. The Bertz CT molecular complexity index is 1070. The van der Waals surface area contributed by atoms with Crippen molar-refractivity contribution in [3.63, 3.8) is 0 Å². The number of amides is 1. The lowest BCUT2D eigenvalue weighted by Gasteiger charge is -2.18. The zero-order valence-corrected chi connectivity index (χ0v) is 19.9. The van der Waals surface area contributed by atoms with E-state index in [1.165, 1.54) is 17.3 Å². The maximum atomic E-state index is 12.5. The standard InChI is InChI=1S/C25H30N4O2S/c1-6-15-29-24(20(5)31-22-14-10-11-17(2)18(22)3)27-28-25(29)32-16-23(30)26-19(4)21-12-8-7-9-13-21/h6-14,19-20H,1,15-16H2,2-5H3,(H,26,30). The normalized spacial score (nSPS) is 12.8. The third kappa shape index (κ3) is 5.79. The van der Waals surface area contributed by atoms with Gasteiger partial charge in [-0.15, -0.1) is 16.8 Å². The van der Waals surface area contributed by atoms with E-state index in [-0.39, 0.29) is 23.8 Å². The summed E-state index contributed by atoms with van der Waals surface area (Å²) in [5.74, 6) is 1.72. The Balaban J connectivity index is 1.66. The Morgan fingerprint density at radius 2 is 1.91 bits per heavy atom. The molecule has 32 heavy (non-hydrogen) atoms. The van der Waals surface area contributed by atoms with Crippen LogP contribution in [0, 0.1) is 13.8 Å². The van der Waals surface area contributed by atoms with Gasteiger partial charge in [0.2, 0.25) is 5.91 Å². The molecule has 3 aromatic rings. The van der Waals surface area contributed by atoms with E-state index in [2.05, 4.69) is 35.1 Å². The van der Waals surface area contributed by atoms with E-state index in [9.17, 15) is 4.79 Å². The summed E-state index contributed by atoms with van der Waals surface area (Å²) in [6.45, 7) is 12.4. The number of aryl methyl sites for hydroxylation is 1. The van der Waals surface area contributed by atoms with Crippen LogP contribution in [0.25, 0.3) is 0 Å². The fourth-order valence-electron chi connectivity index (χ4n) is 3.34. The molecule has 0 saturated heterocycles. The van der Waals surface area contributed by atoms with Gasteiger partial charge in [0.1, 0.15) is 5.75 Å². The number of nitrogens with one attached hydrogen (secondary N) is 1. The van der Waals surface area contributed by atoms with E-state index in [4.69, 9.17) is 4.74 Å². The minimum absolute atomic E-state index is 0.0549. The first kappa shape index (κ1) is 23.6. The largest absolute Gasteiger partial charge is 0.482 e. The lowest BCUT2D eigenvalue weighted by Crippen LogP contribution is -2.28. The van der Waals surface area contributed by atoms with Gasteiger partial charge in [0.25, 0.3) is 0 Å². The average molecular weight is 451 g/mol. The summed E-state index contributed by atoms with van der Waals surface area (Å²) in [6, 6.07) is 15.8. The zero-order valence-electron chi connectivity index (χ0n) is 19.0. The van der Waals surface area contributed by atoms with Crippen LogP contribution in [0.1, 0.15) is 48.5 Å². The molecule has 3 rings (SSSR count). The molecule has 2 unspecified atom stereocenters. The summed E-state index contributed by atoms with van der Waals surface area (Å²) in [4.78, 5) is 12.5. The van der Waals surface area contributed by atoms with Crippen molar-refractivity contribution >= 4 is 17.7 Å². The first-order valence-corrected chi connectivity index (χ1v) is 11.6. The van der Waals surface area contributed by atoms with Crippen LogP contribution >= 0.6 is 11.8 Å². The van der Waals surface area contributed by atoms with E-state index in [1.807, 2.05) is 67.8 Å². The Morgan fingerprint density at radius 1 is 1.16 bits per heavy atom. The predicted molar refractivity (Wildman–Crippen MR) is 129 cm³/mol. The summed E-state index contributed by atoms with van der Waals surface area (Å²) < 4.78 is 8.14. The molecule has 7 heteroatoms. The number of hydrogen-bond acceptors (Lipinski definition) is 5. The van der Waals surface area contributed by atoms with Crippen LogP contribution < -0.4 is 10.1 Å². The number of nitrogens with zero attached hydrogens (tertiary/aromatic N) is 3. The number of rotatable bonds is 10. The molecule has 0 radical (unpaired) electrons. The second-order valence-electron chi connectivity index (χ2n) is 7.69. The molecule has 2 atom stereocenters. The lowest BCUT2D eigenvalue weighted by atomic mass is 10.1. The highest BCUT2D eigenvalue weighted by molar-refractivity contribution is 7.99. The monoisotopic (exact) mass is 450 g/mol. The molecule has 0 aliphatic carbocycles. The van der Waals surface area contributed by atoms with Crippen LogP contribution in [0.2, 0.25) is 0 Å². The first-order valence-electron chi connectivity index (χ1n) is 10.6. The van der Waals surface area contributed by atoms with Crippen LogP contribution in [0.4, 0.5) is 0 Å². The Kier molecular flexibility index (Phi) is 8.11. The highest BCUT2D eigenvalue weighted by Gasteiger charge is 2.21. The van der Waals surface area contributed by atoms with Gasteiger partial charge in [0, 0.05) is 6.54 Å². The Morgan fingerprint density at radius 3 is 2.62 bits per heavy atom. The van der Waals surface area contributed by atoms with Crippen molar-refractivity contribution < 1.29 is 9.53 Å². The molecule has 0 saturated carbocycles. The number of aromatic nitrogens is 3. The first-order chi connectivity index (χ1) is 15.4. The van der Waals surface area contributed by atoms with Crippen molar-refractivity contribution in [2.75, 3.05) is 5.75 Å². The van der Waals surface area contributed by atoms with Crippen molar-refractivity contribution in [3.05, 3.63) is 83.7 Å². The van der Waals surface area contributed by atoms with Crippen LogP contribution in [-0.4, -0.2) is 26.4 Å². The number of benzene rings is 2. The molecule has 0 bridgehead atoms. The molecule has 1 heterocycles. The summed E-state index contributed by atoms with van der Waals surface area (Å²) in [5.41, 5.74) is 3.35. The minimum atomic E-state index is -0.302. The summed E-state index contributed by atoms with van der Waals surface area (Å²) in [5, 5.41) is 12.4. The van der Waals surface area contributed by atoms with Crippen LogP contribution in [0.3, 0.4) is 0 Å². The van der Waals surface area contributed by atoms with Gasteiger partial charge in [-0.05, 0) is 50.5 Å². The van der Waals surface area contributed by atoms with Crippen LogP contribution in [0.5, 0.6) is 5.75 Å². The summed E-state index contributed by atoms with van der Waals surface area (Å²) in [7, 11) is 0. The fraction of sp³-hybridized carbons (Fsp3) is 0.320. The predicted octanol–water partition coefficient (Wildman–Crippen LogP) is 5.19. The molecule has 0 spiro atoms. The van der Waals surface area contributed by atoms with Gasteiger partial charge in [0.15, 0.2) is 17.1 Å². The molecule has 2 aromatic carbocycles. The van der Waals surface area contributed by atoms with Gasteiger partial charge < -0.3 is 10.1 Å². The Labute approximate surface area is 194 Å². The molecular formula is C25H30N4O2S. The molecule has 168 valence electrons. The quantitative estimate of drug-likeness (QED) is 0.340. The van der Waals surface area contributed by atoms with Gasteiger partial charge in [-0.2, -0.15) is 0 Å². The Hall–Kier alpha value is -3.06. The van der Waals surface area contributed by atoms with E-state index >= 15 is 0 Å². The lowest BCUT2D eigenvalue weighted by molar-refractivity contribution is -0.119. The second kappa shape index (κ2) is 11.0. The van der Waals surface area contributed by atoms with Gasteiger partial charge >= 0.3 is 0 Å². The zero-order chi connectivity index (χ0) is 23.1. The number of allylic oxidation sites excluding steroid dienone is 1. The van der Waals surface area contributed by atoms with Crippen molar-refractivity contribution in [1.29, 1.82) is 0 Å². The molecular weight excluding hydrogens is 420 g/mol. The van der Waals surface area contributed by atoms with E-state index in [0.29, 0.717) is 17.5 Å². The SMILES string of the molecule is C=CCn1c(SCC(=O)NC(C)c2ccccc2)nnc1C(C)Oc1cccc(C)c1C. The maximum Gasteiger partial charge on any atom is 0.230 e. The van der Waals surface area contributed by atoms with Gasteiger partial charge in [-0.3, -0.25) is 9.36 Å². The molecule has 6 nitrogen and oxygen atoms in total.